The molecule has 1 unspecified atom stereocenters. The number of hydrogen-bond donors (Lipinski definition) is 1. The van der Waals surface area contributed by atoms with Gasteiger partial charge in [0.25, 0.3) is 0 Å². The average Bonchev–Trinajstić information content (AvgIpc) is 3.00. The van der Waals surface area contributed by atoms with Gasteiger partial charge in [-0.1, -0.05) is 5.16 Å². The highest BCUT2D eigenvalue weighted by atomic mass is 16.5. The second-order valence-corrected chi connectivity index (χ2v) is 4.73. The molecule has 0 amide bonds. The van der Waals surface area contributed by atoms with Crippen LogP contribution in [0.25, 0.3) is 0 Å². The summed E-state index contributed by atoms with van der Waals surface area (Å²) in [5.74, 6) is 1.69. The minimum Gasteiger partial charge on any atom is -0.396 e. The van der Waals surface area contributed by atoms with E-state index in [1.165, 1.54) is 12.8 Å². The fraction of sp³-hybridized carbons (Fsp3) is 0.583. The SMILES string of the molecule is CCOC(c1noc(Cn2cc(N)cn2)n1)C1CC1. The third kappa shape index (κ3) is 2.76. The standard InChI is InChI=1S/C12H17N5O2/c1-2-18-11(8-3-4-8)12-15-10(19-16-12)7-17-6-9(13)5-14-17/h5-6,8,11H,2-4,7,13H2,1H3. The molecule has 2 aromatic rings. The molecule has 2 N–H and O–H groups in total. The highest BCUT2D eigenvalue weighted by molar-refractivity contribution is 5.30. The normalized spacial score (nSPS) is 16.7. The largest absolute Gasteiger partial charge is 0.396 e. The van der Waals surface area contributed by atoms with E-state index in [-0.39, 0.29) is 6.10 Å². The van der Waals surface area contributed by atoms with Gasteiger partial charge in [-0.3, -0.25) is 4.68 Å². The molecule has 1 atom stereocenters. The zero-order valence-corrected chi connectivity index (χ0v) is 10.8. The molecule has 1 aliphatic carbocycles. The molecule has 0 spiro atoms. The number of anilines is 1. The Hall–Kier alpha value is -1.89. The van der Waals surface area contributed by atoms with Crippen molar-refractivity contribution >= 4 is 5.69 Å². The van der Waals surface area contributed by atoms with Crippen LogP contribution >= 0.6 is 0 Å². The van der Waals surface area contributed by atoms with Crippen LogP contribution in [0.2, 0.25) is 0 Å². The molecule has 19 heavy (non-hydrogen) atoms. The number of rotatable bonds is 6. The third-order valence-electron chi connectivity index (χ3n) is 3.09. The number of hydrogen-bond acceptors (Lipinski definition) is 6. The lowest BCUT2D eigenvalue weighted by molar-refractivity contribution is 0.0384. The minimum atomic E-state index is -0.0369. The number of nitrogen functional groups attached to an aromatic ring is 1. The van der Waals surface area contributed by atoms with Crippen molar-refractivity contribution in [1.29, 1.82) is 0 Å². The van der Waals surface area contributed by atoms with Crippen LogP contribution in [-0.4, -0.2) is 26.5 Å². The van der Waals surface area contributed by atoms with E-state index in [2.05, 4.69) is 15.2 Å². The number of nitrogens with zero attached hydrogens (tertiary/aromatic N) is 4. The predicted molar refractivity (Wildman–Crippen MR) is 67.1 cm³/mol. The molecule has 102 valence electrons. The summed E-state index contributed by atoms with van der Waals surface area (Å²) >= 11 is 0. The number of aromatic nitrogens is 4. The van der Waals surface area contributed by atoms with Crippen LogP contribution in [0.3, 0.4) is 0 Å². The molecular weight excluding hydrogens is 246 g/mol. The molecule has 0 aliphatic heterocycles. The molecule has 7 heteroatoms. The average molecular weight is 263 g/mol. The second kappa shape index (κ2) is 5.00. The Balaban J connectivity index is 1.71. The Labute approximate surface area is 110 Å². The first kappa shape index (κ1) is 12.2. The first-order valence-corrected chi connectivity index (χ1v) is 6.48. The van der Waals surface area contributed by atoms with Crippen LogP contribution in [0, 0.1) is 5.92 Å². The van der Waals surface area contributed by atoms with Crippen molar-refractivity contribution in [1.82, 2.24) is 19.9 Å². The van der Waals surface area contributed by atoms with Gasteiger partial charge in [0.2, 0.25) is 11.7 Å². The van der Waals surface area contributed by atoms with Gasteiger partial charge in [0.05, 0.1) is 11.9 Å². The summed E-state index contributed by atoms with van der Waals surface area (Å²) in [5.41, 5.74) is 6.22. The number of ether oxygens (including phenoxy) is 1. The molecule has 0 bridgehead atoms. The Morgan fingerprint density at radius 1 is 1.58 bits per heavy atom. The molecule has 7 nitrogen and oxygen atoms in total. The zero-order chi connectivity index (χ0) is 13.2. The quantitative estimate of drug-likeness (QED) is 0.846. The van der Waals surface area contributed by atoms with E-state index in [1.54, 1.807) is 17.1 Å². The first-order chi connectivity index (χ1) is 9.26. The Bertz CT molecular complexity index is 546. The van der Waals surface area contributed by atoms with Crippen LogP contribution < -0.4 is 5.73 Å². The molecule has 1 fully saturated rings. The van der Waals surface area contributed by atoms with E-state index in [0.717, 1.165) is 0 Å². The lowest BCUT2D eigenvalue weighted by Gasteiger charge is -2.10. The molecule has 0 aromatic carbocycles. The minimum absolute atomic E-state index is 0.0369. The van der Waals surface area contributed by atoms with Crippen LogP contribution in [0.1, 0.15) is 37.6 Å². The van der Waals surface area contributed by atoms with E-state index in [4.69, 9.17) is 15.0 Å². The maximum atomic E-state index is 5.69. The molecule has 0 saturated heterocycles. The van der Waals surface area contributed by atoms with Crippen molar-refractivity contribution in [2.45, 2.75) is 32.4 Å². The van der Waals surface area contributed by atoms with Gasteiger partial charge in [-0.25, -0.2) is 0 Å². The second-order valence-electron chi connectivity index (χ2n) is 4.73. The third-order valence-corrected chi connectivity index (χ3v) is 3.09. The Morgan fingerprint density at radius 3 is 3.05 bits per heavy atom. The van der Waals surface area contributed by atoms with Crippen LogP contribution in [0.15, 0.2) is 16.9 Å². The molecule has 2 heterocycles. The van der Waals surface area contributed by atoms with Crippen LogP contribution in [0.4, 0.5) is 5.69 Å². The van der Waals surface area contributed by atoms with Gasteiger partial charge in [0, 0.05) is 12.8 Å². The van der Waals surface area contributed by atoms with Crippen molar-refractivity contribution in [3.63, 3.8) is 0 Å². The van der Waals surface area contributed by atoms with Gasteiger partial charge >= 0.3 is 0 Å². The van der Waals surface area contributed by atoms with Gasteiger partial charge in [-0.05, 0) is 25.7 Å². The molecule has 0 radical (unpaired) electrons. The molecule has 1 aliphatic rings. The molecule has 2 aromatic heterocycles. The fourth-order valence-corrected chi connectivity index (χ4v) is 2.05. The van der Waals surface area contributed by atoms with E-state index >= 15 is 0 Å². The van der Waals surface area contributed by atoms with Crippen molar-refractivity contribution in [2.75, 3.05) is 12.3 Å². The van der Waals surface area contributed by atoms with Gasteiger partial charge in [0.1, 0.15) is 12.6 Å². The topological polar surface area (TPSA) is 92.0 Å². The summed E-state index contributed by atoms with van der Waals surface area (Å²) < 4.78 is 12.6. The van der Waals surface area contributed by atoms with Crippen LogP contribution in [0.5, 0.6) is 0 Å². The lowest BCUT2D eigenvalue weighted by atomic mass is 10.2. The Kier molecular flexibility index (Phi) is 3.20. The van der Waals surface area contributed by atoms with Crippen molar-refractivity contribution in [3.05, 3.63) is 24.1 Å². The van der Waals surface area contributed by atoms with E-state index in [1.807, 2.05) is 6.92 Å². The molecule has 3 rings (SSSR count). The summed E-state index contributed by atoms with van der Waals surface area (Å²) in [7, 11) is 0. The van der Waals surface area contributed by atoms with E-state index in [9.17, 15) is 0 Å². The van der Waals surface area contributed by atoms with Gasteiger partial charge in [-0.15, -0.1) is 0 Å². The van der Waals surface area contributed by atoms with E-state index < -0.39 is 0 Å². The van der Waals surface area contributed by atoms with Gasteiger partial charge in [0.15, 0.2) is 0 Å². The van der Waals surface area contributed by atoms with Gasteiger partial charge in [-0.2, -0.15) is 10.1 Å². The smallest absolute Gasteiger partial charge is 0.248 e. The fourth-order valence-electron chi connectivity index (χ4n) is 2.05. The zero-order valence-electron chi connectivity index (χ0n) is 10.8. The van der Waals surface area contributed by atoms with Crippen molar-refractivity contribution < 1.29 is 9.26 Å². The van der Waals surface area contributed by atoms with Crippen molar-refractivity contribution in [2.24, 2.45) is 5.92 Å². The monoisotopic (exact) mass is 263 g/mol. The summed E-state index contributed by atoms with van der Waals surface area (Å²) in [5, 5.41) is 8.10. The maximum absolute atomic E-state index is 5.69. The Morgan fingerprint density at radius 2 is 2.42 bits per heavy atom. The maximum Gasteiger partial charge on any atom is 0.248 e. The van der Waals surface area contributed by atoms with Crippen molar-refractivity contribution in [3.8, 4) is 0 Å². The summed E-state index contributed by atoms with van der Waals surface area (Å²) in [6.45, 7) is 3.05. The summed E-state index contributed by atoms with van der Waals surface area (Å²) in [6.07, 6.45) is 5.62. The van der Waals surface area contributed by atoms with Crippen LogP contribution in [-0.2, 0) is 11.3 Å². The molecular formula is C12H17N5O2. The highest BCUT2D eigenvalue weighted by Gasteiger charge is 2.36. The number of nitrogens with two attached hydrogens (primary N) is 1. The summed E-state index contributed by atoms with van der Waals surface area (Å²) in [4.78, 5) is 4.39. The first-order valence-electron chi connectivity index (χ1n) is 6.48. The lowest BCUT2D eigenvalue weighted by Crippen LogP contribution is -2.09. The summed E-state index contributed by atoms with van der Waals surface area (Å²) in [6, 6.07) is 0. The highest BCUT2D eigenvalue weighted by Crippen LogP contribution is 2.42. The van der Waals surface area contributed by atoms with Gasteiger partial charge < -0.3 is 15.0 Å². The van der Waals surface area contributed by atoms with E-state index in [0.29, 0.717) is 36.5 Å². The predicted octanol–water partition coefficient (Wildman–Crippen LogP) is 1.38. The molecule has 1 saturated carbocycles.